The Balaban J connectivity index is 2.42. The smallest absolute Gasteiger partial charge is 0.0720 e. The van der Waals surface area contributed by atoms with Crippen molar-refractivity contribution in [1.82, 2.24) is 9.97 Å². The molecule has 2 heterocycles. The largest absolute Gasteiger partial charge is 0.264 e. The molecule has 0 aliphatic heterocycles. The SMILES string of the molecule is CC(C)c1cccc(-c2cccnc2)n1. The molecule has 15 heavy (non-hydrogen) atoms. The first-order chi connectivity index (χ1) is 7.27. The van der Waals surface area contributed by atoms with Gasteiger partial charge in [-0.1, -0.05) is 19.9 Å². The Bertz CT molecular complexity index is 435. The van der Waals surface area contributed by atoms with E-state index in [2.05, 4.69) is 29.9 Å². The minimum atomic E-state index is 0.460. The van der Waals surface area contributed by atoms with E-state index in [9.17, 15) is 0 Å². The van der Waals surface area contributed by atoms with Crippen LogP contribution in [0.2, 0.25) is 0 Å². The van der Waals surface area contributed by atoms with Crippen molar-refractivity contribution in [3.63, 3.8) is 0 Å². The molecule has 2 aromatic rings. The fourth-order valence-electron chi connectivity index (χ4n) is 1.45. The van der Waals surface area contributed by atoms with Crippen LogP contribution in [0.15, 0.2) is 42.7 Å². The highest BCUT2D eigenvalue weighted by Crippen LogP contribution is 2.18. The van der Waals surface area contributed by atoms with Crippen molar-refractivity contribution in [3.05, 3.63) is 48.4 Å². The van der Waals surface area contributed by atoms with Crippen LogP contribution < -0.4 is 0 Å². The molecule has 0 N–H and O–H groups in total. The van der Waals surface area contributed by atoms with Gasteiger partial charge in [-0.25, -0.2) is 0 Å². The number of hydrogen-bond donors (Lipinski definition) is 0. The van der Waals surface area contributed by atoms with Crippen molar-refractivity contribution in [1.29, 1.82) is 0 Å². The molecule has 0 unspecified atom stereocenters. The Morgan fingerprint density at radius 3 is 2.60 bits per heavy atom. The average Bonchev–Trinajstić information content (AvgIpc) is 2.30. The molecule has 0 radical (unpaired) electrons. The lowest BCUT2D eigenvalue weighted by Gasteiger charge is -2.06. The number of pyridine rings is 2. The van der Waals surface area contributed by atoms with Crippen LogP contribution in [0.25, 0.3) is 11.3 Å². The summed E-state index contributed by atoms with van der Waals surface area (Å²) in [6.45, 7) is 4.30. The van der Waals surface area contributed by atoms with E-state index >= 15 is 0 Å². The highest BCUT2D eigenvalue weighted by atomic mass is 14.7. The molecule has 0 saturated carbocycles. The Kier molecular flexibility index (Phi) is 2.77. The van der Waals surface area contributed by atoms with E-state index < -0.39 is 0 Å². The first-order valence-corrected chi connectivity index (χ1v) is 5.15. The lowest BCUT2D eigenvalue weighted by Crippen LogP contribution is -1.93. The van der Waals surface area contributed by atoms with Crippen molar-refractivity contribution in [2.75, 3.05) is 0 Å². The molecule has 0 aliphatic carbocycles. The maximum atomic E-state index is 4.60. The van der Waals surface area contributed by atoms with Gasteiger partial charge in [0.1, 0.15) is 0 Å². The van der Waals surface area contributed by atoms with Crippen LogP contribution in [0.4, 0.5) is 0 Å². The maximum absolute atomic E-state index is 4.60. The minimum absolute atomic E-state index is 0.460. The van der Waals surface area contributed by atoms with Gasteiger partial charge in [0.05, 0.1) is 5.69 Å². The fraction of sp³-hybridized carbons (Fsp3) is 0.231. The second-order valence-corrected chi connectivity index (χ2v) is 3.84. The molecule has 0 aromatic carbocycles. The predicted octanol–water partition coefficient (Wildman–Crippen LogP) is 3.27. The van der Waals surface area contributed by atoms with Crippen LogP contribution in [0, 0.1) is 0 Å². The summed E-state index contributed by atoms with van der Waals surface area (Å²) in [5.41, 5.74) is 3.19. The molecule has 2 nitrogen and oxygen atoms in total. The Morgan fingerprint density at radius 2 is 1.93 bits per heavy atom. The zero-order chi connectivity index (χ0) is 10.7. The first-order valence-electron chi connectivity index (χ1n) is 5.15. The third kappa shape index (κ3) is 2.21. The molecule has 0 bridgehead atoms. The van der Waals surface area contributed by atoms with Gasteiger partial charge in [0.25, 0.3) is 0 Å². The van der Waals surface area contributed by atoms with Gasteiger partial charge < -0.3 is 0 Å². The van der Waals surface area contributed by atoms with Gasteiger partial charge in [0.2, 0.25) is 0 Å². The maximum Gasteiger partial charge on any atom is 0.0720 e. The molecule has 0 amide bonds. The summed E-state index contributed by atoms with van der Waals surface area (Å²) >= 11 is 0. The average molecular weight is 198 g/mol. The van der Waals surface area contributed by atoms with E-state index in [1.54, 1.807) is 6.20 Å². The first kappa shape index (κ1) is 9.84. The van der Waals surface area contributed by atoms with E-state index in [4.69, 9.17) is 0 Å². The predicted molar refractivity (Wildman–Crippen MR) is 61.6 cm³/mol. The molecule has 0 spiro atoms. The van der Waals surface area contributed by atoms with Crippen molar-refractivity contribution in [2.45, 2.75) is 19.8 Å². The van der Waals surface area contributed by atoms with E-state index in [0.29, 0.717) is 5.92 Å². The van der Waals surface area contributed by atoms with Crippen LogP contribution in [-0.4, -0.2) is 9.97 Å². The highest BCUT2D eigenvalue weighted by molar-refractivity contribution is 5.57. The summed E-state index contributed by atoms with van der Waals surface area (Å²) < 4.78 is 0. The molecule has 76 valence electrons. The van der Waals surface area contributed by atoms with Crippen LogP contribution in [-0.2, 0) is 0 Å². The van der Waals surface area contributed by atoms with Crippen LogP contribution in [0.3, 0.4) is 0 Å². The molecule has 0 saturated heterocycles. The van der Waals surface area contributed by atoms with Crippen molar-refractivity contribution in [3.8, 4) is 11.3 Å². The summed E-state index contributed by atoms with van der Waals surface area (Å²) in [5, 5.41) is 0. The summed E-state index contributed by atoms with van der Waals surface area (Å²) in [5.74, 6) is 0.460. The van der Waals surface area contributed by atoms with Crippen LogP contribution in [0.5, 0.6) is 0 Å². The van der Waals surface area contributed by atoms with Gasteiger partial charge in [0.15, 0.2) is 0 Å². The van der Waals surface area contributed by atoms with Gasteiger partial charge in [-0.3, -0.25) is 9.97 Å². The highest BCUT2D eigenvalue weighted by Gasteiger charge is 2.03. The van der Waals surface area contributed by atoms with E-state index in [1.165, 1.54) is 0 Å². The zero-order valence-electron chi connectivity index (χ0n) is 9.01. The second-order valence-electron chi connectivity index (χ2n) is 3.84. The van der Waals surface area contributed by atoms with E-state index in [1.807, 2.05) is 30.5 Å². The van der Waals surface area contributed by atoms with Gasteiger partial charge in [-0.05, 0) is 30.2 Å². The monoisotopic (exact) mass is 198 g/mol. The standard InChI is InChI=1S/C13H14N2/c1-10(2)12-6-3-7-13(15-12)11-5-4-8-14-9-11/h3-10H,1-2H3. The van der Waals surface area contributed by atoms with Crippen molar-refractivity contribution >= 4 is 0 Å². The molecule has 2 heteroatoms. The Labute approximate surface area is 90.0 Å². The van der Waals surface area contributed by atoms with Crippen molar-refractivity contribution < 1.29 is 0 Å². The van der Waals surface area contributed by atoms with Crippen LogP contribution in [0.1, 0.15) is 25.5 Å². The van der Waals surface area contributed by atoms with E-state index in [-0.39, 0.29) is 0 Å². The molecular formula is C13H14N2. The van der Waals surface area contributed by atoms with Gasteiger partial charge in [0, 0.05) is 23.7 Å². The molecule has 0 atom stereocenters. The zero-order valence-corrected chi connectivity index (χ0v) is 9.01. The number of hydrogen-bond acceptors (Lipinski definition) is 2. The summed E-state index contributed by atoms with van der Waals surface area (Å²) in [7, 11) is 0. The third-order valence-electron chi connectivity index (χ3n) is 2.32. The van der Waals surface area contributed by atoms with Gasteiger partial charge in [-0.2, -0.15) is 0 Å². The fourth-order valence-corrected chi connectivity index (χ4v) is 1.45. The van der Waals surface area contributed by atoms with E-state index in [0.717, 1.165) is 17.0 Å². The molecular weight excluding hydrogens is 184 g/mol. The quantitative estimate of drug-likeness (QED) is 0.740. The molecule has 2 aromatic heterocycles. The molecule has 2 rings (SSSR count). The minimum Gasteiger partial charge on any atom is -0.264 e. The van der Waals surface area contributed by atoms with Gasteiger partial charge in [-0.15, -0.1) is 0 Å². The number of aromatic nitrogens is 2. The summed E-state index contributed by atoms with van der Waals surface area (Å²) in [6, 6.07) is 10.1. The normalized spacial score (nSPS) is 10.6. The molecule has 0 aliphatic rings. The summed E-state index contributed by atoms with van der Waals surface area (Å²) in [4.78, 5) is 8.70. The van der Waals surface area contributed by atoms with Crippen molar-refractivity contribution in [2.24, 2.45) is 0 Å². The Hall–Kier alpha value is -1.70. The lowest BCUT2D eigenvalue weighted by atomic mass is 10.1. The number of rotatable bonds is 2. The lowest BCUT2D eigenvalue weighted by molar-refractivity contribution is 0.824. The topological polar surface area (TPSA) is 25.8 Å². The molecule has 0 fully saturated rings. The Morgan fingerprint density at radius 1 is 1.07 bits per heavy atom. The second kappa shape index (κ2) is 4.22. The summed E-state index contributed by atoms with van der Waals surface area (Å²) in [6.07, 6.45) is 3.61. The third-order valence-corrected chi connectivity index (χ3v) is 2.32. The number of nitrogens with zero attached hydrogens (tertiary/aromatic N) is 2. The van der Waals surface area contributed by atoms with Gasteiger partial charge >= 0.3 is 0 Å². The van der Waals surface area contributed by atoms with Crippen LogP contribution >= 0.6 is 0 Å².